The maximum absolute atomic E-state index is 8.56. The van der Waals surface area contributed by atoms with Crippen molar-refractivity contribution in [2.45, 2.75) is 0 Å². The van der Waals surface area contributed by atoms with Crippen LogP contribution in [0.4, 0.5) is 0 Å². The zero-order valence-electron chi connectivity index (χ0n) is 3.32. The molecule has 0 radical (unpaired) electrons. The van der Waals surface area contributed by atoms with Gasteiger partial charge >= 0.3 is 51.4 Å². The van der Waals surface area contributed by atoms with E-state index in [4.69, 9.17) is 11.3 Å². The largest absolute Gasteiger partial charge is 1.00 e. The van der Waals surface area contributed by atoms with Gasteiger partial charge in [0.1, 0.15) is 0 Å². The van der Waals surface area contributed by atoms with Gasteiger partial charge in [-0.05, 0) is 0 Å². The fraction of sp³-hybridized carbons (Fsp3) is 0. The van der Waals surface area contributed by atoms with Crippen LogP contribution >= 0.6 is 0 Å². The number of carboxylic acid groups (broad SMARTS) is 1. The van der Waals surface area contributed by atoms with Crippen LogP contribution in [-0.2, 0) is 4.79 Å². The molecule has 0 saturated carbocycles. The summed E-state index contributed by atoms with van der Waals surface area (Å²) >= 11 is 0. The van der Waals surface area contributed by atoms with Gasteiger partial charge in [-0.25, -0.2) is 0 Å². The van der Waals surface area contributed by atoms with Crippen molar-refractivity contribution >= 4 is 6.45 Å². The van der Waals surface area contributed by atoms with Crippen LogP contribution in [-0.4, -0.2) is 6.45 Å². The van der Waals surface area contributed by atoms with E-state index in [1.807, 2.05) is 0 Å². The molecule has 0 aliphatic carbocycles. The molecule has 0 aliphatic heterocycles. The fourth-order valence-corrected chi connectivity index (χ4v) is 0. The molecule has 2 nitrogen and oxygen atoms in total. The molecule has 0 aromatic rings. The van der Waals surface area contributed by atoms with Crippen LogP contribution in [0, 0.1) is 0 Å². The zero-order valence-corrected chi connectivity index (χ0v) is 5.44. The van der Waals surface area contributed by atoms with Gasteiger partial charge in [0.2, 0.25) is 0 Å². The molecule has 0 rings (SSSR count). The first kappa shape index (κ1) is 5.11. The molecule has 0 amide bonds. The first-order chi connectivity index (χ1) is 1.73. The first-order valence-electron chi connectivity index (χ1n) is 0.908. The fourth-order valence-electron chi connectivity index (χ4n) is 0. The van der Waals surface area contributed by atoms with Gasteiger partial charge in [0.15, 0.2) is 0 Å². The van der Waals surface area contributed by atoms with Crippen LogP contribution in [0.1, 0.15) is 1.37 Å². The van der Waals surface area contributed by atoms with Gasteiger partial charge in [0, 0.05) is 6.45 Å². The molecule has 0 aromatic heterocycles. The predicted molar refractivity (Wildman–Crippen MR) is 6.06 cm³/mol. The van der Waals surface area contributed by atoms with E-state index < -0.39 is 6.45 Å². The topological polar surface area (TPSA) is 40.1 Å². The molecular weight excluding hydrogens is 83.1 g/mol. The molecule has 0 saturated heterocycles. The van der Waals surface area contributed by atoms with E-state index in [0.29, 0.717) is 0 Å². The van der Waals surface area contributed by atoms with Crippen LogP contribution in [0.2, 0.25) is 0 Å². The van der Waals surface area contributed by atoms with Crippen LogP contribution in [0.3, 0.4) is 0 Å². The molecule has 0 bridgehead atoms. The number of carbonyl (C=O) groups excluding carboxylic acids is 1. The average Bonchev–Trinajstić information content (AvgIpc) is 0.811. The zero-order chi connectivity index (χ0) is 3.58. The number of hydrogen-bond acceptors (Lipinski definition) is 2. The second-order valence-corrected chi connectivity index (χ2v) is 0.0833. The van der Waals surface area contributed by atoms with Crippen LogP contribution in [0.25, 0.3) is 0 Å². The van der Waals surface area contributed by atoms with Crippen molar-refractivity contribution in [1.82, 2.24) is 0 Å². The van der Waals surface area contributed by atoms with Crippen LogP contribution in [0.5, 0.6) is 0 Å². The Kier molecular flexibility index (Phi) is 11.4. The molecule has 4 heavy (non-hydrogen) atoms. The van der Waals surface area contributed by atoms with Gasteiger partial charge in [-0.15, -0.1) is 0 Å². The normalized spacial score (nSPS) is 6.50. The van der Waals surface area contributed by atoms with Crippen molar-refractivity contribution in [3.8, 4) is 0 Å². The summed E-state index contributed by atoms with van der Waals surface area (Å²) in [6.07, 6.45) is -1.83. The standard InChI is InChI=1S/CH2O2.K/c2-1-3;/h1H,(H,2,3);/q;+1/p-1/i1D;. The Bertz CT molecular complexity index is 32.6. The summed E-state index contributed by atoms with van der Waals surface area (Å²) in [6.45, 7) is 0. The SMILES string of the molecule is [2H]C(=O)[O-].[K+]. The molecule has 0 heterocycles. The van der Waals surface area contributed by atoms with E-state index in [2.05, 4.69) is 0 Å². The van der Waals surface area contributed by atoms with Crippen molar-refractivity contribution in [2.24, 2.45) is 0 Å². The van der Waals surface area contributed by atoms with Crippen molar-refractivity contribution in [3.63, 3.8) is 0 Å². The van der Waals surface area contributed by atoms with Crippen molar-refractivity contribution in [3.05, 3.63) is 0 Å². The first-order valence-corrected chi connectivity index (χ1v) is 0.408. The summed E-state index contributed by atoms with van der Waals surface area (Å²) in [4.78, 5) is 8.56. The minimum atomic E-state index is -1.83. The number of rotatable bonds is 0. The van der Waals surface area contributed by atoms with Crippen LogP contribution < -0.4 is 56.5 Å². The monoisotopic (exact) mass is 85.0 g/mol. The molecule has 0 spiro atoms. The summed E-state index contributed by atoms with van der Waals surface area (Å²) in [6, 6.07) is 0. The Labute approximate surface area is 68.0 Å². The maximum atomic E-state index is 8.56. The Morgan fingerprint density at radius 3 is 2.25 bits per heavy atom. The van der Waals surface area contributed by atoms with E-state index in [1.54, 1.807) is 0 Å². The number of hydrogen-bond donors (Lipinski definition) is 0. The van der Waals surface area contributed by atoms with Gasteiger partial charge < -0.3 is 9.90 Å². The van der Waals surface area contributed by atoms with E-state index in [1.165, 1.54) is 0 Å². The third-order valence-corrected chi connectivity index (χ3v) is 0. The molecule has 0 fully saturated rings. The predicted octanol–water partition coefficient (Wildman–Crippen LogP) is -4.63. The van der Waals surface area contributed by atoms with E-state index in [0.717, 1.165) is 0 Å². The van der Waals surface area contributed by atoms with Crippen molar-refractivity contribution in [1.29, 1.82) is 0 Å². The molecule has 3 heteroatoms. The van der Waals surface area contributed by atoms with E-state index in [-0.39, 0.29) is 51.4 Å². The van der Waals surface area contributed by atoms with Crippen molar-refractivity contribution in [2.75, 3.05) is 0 Å². The summed E-state index contributed by atoms with van der Waals surface area (Å²) in [5.74, 6) is 0. The molecule has 0 unspecified atom stereocenters. The van der Waals surface area contributed by atoms with Gasteiger partial charge in [-0.3, -0.25) is 0 Å². The minimum Gasteiger partial charge on any atom is -0.554 e. The number of carbonyl (C=O) groups is 1. The Morgan fingerprint density at radius 2 is 2.25 bits per heavy atom. The molecule has 0 atom stereocenters. The summed E-state index contributed by atoms with van der Waals surface area (Å²) in [5, 5.41) is 8.56. The Hall–Kier alpha value is 1.11. The second-order valence-electron chi connectivity index (χ2n) is 0.0833. The second kappa shape index (κ2) is 8.93. The third kappa shape index (κ3) is 11.3. The van der Waals surface area contributed by atoms with Crippen LogP contribution in [0.15, 0.2) is 0 Å². The third-order valence-electron chi connectivity index (χ3n) is 0. The molecule has 18 valence electrons. The summed E-state index contributed by atoms with van der Waals surface area (Å²) < 4.78 is 5.39. The van der Waals surface area contributed by atoms with Crippen molar-refractivity contribution < 1.29 is 62.7 Å². The molecule has 0 aromatic carbocycles. The Balaban J connectivity index is 0. The maximum Gasteiger partial charge on any atom is 1.00 e. The van der Waals surface area contributed by atoms with Gasteiger partial charge in [-0.2, -0.15) is 0 Å². The van der Waals surface area contributed by atoms with E-state index >= 15 is 0 Å². The average molecular weight is 85.1 g/mol. The van der Waals surface area contributed by atoms with Gasteiger partial charge in [-0.1, -0.05) is 0 Å². The summed E-state index contributed by atoms with van der Waals surface area (Å²) in [5.41, 5.74) is 0. The van der Waals surface area contributed by atoms with Gasteiger partial charge in [0.25, 0.3) is 0 Å². The molecule has 0 aliphatic rings. The molecular formula is CHKO2. The van der Waals surface area contributed by atoms with E-state index in [9.17, 15) is 0 Å². The summed E-state index contributed by atoms with van der Waals surface area (Å²) in [7, 11) is 0. The molecule has 0 N–H and O–H groups in total. The minimum absolute atomic E-state index is 0. The smallest absolute Gasteiger partial charge is 0.554 e. The quantitative estimate of drug-likeness (QED) is 0.219. The Morgan fingerprint density at radius 1 is 2.25 bits per heavy atom. The van der Waals surface area contributed by atoms with Gasteiger partial charge in [0.05, 0.1) is 1.37 Å².